The second-order valence-corrected chi connectivity index (χ2v) is 5.60. The fraction of sp³-hybridized carbons (Fsp3) is 0.412. The molecule has 0 radical (unpaired) electrons. The molecule has 0 bridgehead atoms. The molecule has 1 aromatic heterocycles. The van der Waals surface area contributed by atoms with Crippen LogP contribution in [0.5, 0.6) is 0 Å². The first-order chi connectivity index (χ1) is 10.3. The molecule has 1 unspecified atom stereocenters. The third kappa shape index (κ3) is 3.86. The van der Waals surface area contributed by atoms with Gasteiger partial charge in [-0.25, -0.2) is 9.97 Å². The van der Waals surface area contributed by atoms with E-state index in [1.807, 2.05) is 19.2 Å². The minimum Gasteiger partial charge on any atom is -0.309 e. The van der Waals surface area contributed by atoms with E-state index < -0.39 is 0 Å². The summed E-state index contributed by atoms with van der Waals surface area (Å²) in [6.07, 6.45) is 3.02. The van der Waals surface area contributed by atoms with Crippen molar-refractivity contribution < 1.29 is 0 Å². The van der Waals surface area contributed by atoms with Crippen LogP contribution in [-0.4, -0.2) is 34.5 Å². The Balaban J connectivity index is 1.70. The highest BCUT2D eigenvalue weighted by Crippen LogP contribution is 2.18. The fourth-order valence-electron chi connectivity index (χ4n) is 2.87. The molecule has 1 aromatic carbocycles. The van der Waals surface area contributed by atoms with Crippen LogP contribution in [0.3, 0.4) is 0 Å². The van der Waals surface area contributed by atoms with E-state index in [0.717, 1.165) is 37.7 Å². The summed E-state index contributed by atoms with van der Waals surface area (Å²) in [7, 11) is 0. The lowest BCUT2D eigenvalue weighted by molar-refractivity contribution is 0.257. The third-order valence-corrected chi connectivity index (χ3v) is 3.90. The number of rotatable bonds is 3. The van der Waals surface area contributed by atoms with Gasteiger partial charge in [-0.2, -0.15) is 0 Å². The Bertz CT molecular complexity index is 570. The van der Waals surface area contributed by atoms with E-state index in [4.69, 9.17) is 0 Å². The molecule has 0 amide bonds. The van der Waals surface area contributed by atoms with Crippen molar-refractivity contribution in [1.82, 2.24) is 20.2 Å². The lowest BCUT2D eigenvalue weighted by atomic mass is 10.1. The highest BCUT2D eigenvalue weighted by Gasteiger charge is 2.19. The Kier molecular flexibility index (Phi) is 4.58. The number of nitrogens with one attached hydrogen (secondary N) is 1. The second-order valence-electron chi connectivity index (χ2n) is 5.60. The summed E-state index contributed by atoms with van der Waals surface area (Å²) in [5, 5.41) is 3.65. The van der Waals surface area contributed by atoms with Crippen LogP contribution in [0.25, 0.3) is 0 Å². The van der Waals surface area contributed by atoms with E-state index in [1.165, 1.54) is 12.0 Å². The van der Waals surface area contributed by atoms with Crippen LogP contribution >= 0.6 is 0 Å². The Hall–Kier alpha value is -1.78. The monoisotopic (exact) mass is 282 g/mol. The lowest BCUT2D eigenvalue weighted by Crippen LogP contribution is -2.31. The molecule has 2 heterocycles. The number of aryl methyl sites for hydroxylation is 1. The molecule has 1 saturated heterocycles. The van der Waals surface area contributed by atoms with Crippen LogP contribution < -0.4 is 5.32 Å². The molecular weight excluding hydrogens is 260 g/mol. The summed E-state index contributed by atoms with van der Waals surface area (Å²) in [6.45, 7) is 6.04. The van der Waals surface area contributed by atoms with Gasteiger partial charge >= 0.3 is 0 Å². The van der Waals surface area contributed by atoms with Crippen molar-refractivity contribution in [1.29, 1.82) is 0 Å². The average molecular weight is 282 g/mol. The van der Waals surface area contributed by atoms with E-state index >= 15 is 0 Å². The zero-order valence-electron chi connectivity index (χ0n) is 12.5. The summed E-state index contributed by atoms with van der Waals surface area (Å²) in [6, 6.07) is 13.1. The Morgan fingerprint density at radius 1 is 1.24 bits per heavy atom. The van der Waals surface area contributed by atoms with Crippen molar-refractivity contribution in [2.75, 3.05) is 19.6 Å². The molecular formula is C17H22N4. The highest BCUT2D eigenvalue weighted by atomic mass is 15.2. The van der Waals surface area contributed by atoms with Crippen LogP contribution in [0, 0.1) is 6.92 Å². The van der Waals surface area contributed by atoms with Crippen molar-refractivity contribution in [2.45, 2.75) is 25.9 Å². The van der Waals surface area contributed by atoms with Crippen molar-refractivity contribution in [2.24, 2.45) is 0 Å². The van der Waals surface area contributed by atoms with Crippen LogP contribution in [0.4, 0.5) is 0 Å². The molecule has 1 aliphatic heterocycles. The number of hydrogen-bond acceptors (Lipinski definition) is 4. The van der Waals surface area contributed by atoms with E-state index in [-0.39, 0.29) is 0 Å². The lowest BCUT2D eigenvalue weighted by Gasteiger charge is -2.24. The number of hydrogen-bond donors (Lipinski definition) is 1. The first kappa shape index (κ1) is 14.2. The van der Waals surface area contributed by atoms with Crippen molar-refractivity contribution in [3.8, 4) is 0 Å². The van der Waals surface area contributed by atoms with E-state index in [2.05, 4.69) is 50.5 Å². The molecule has 4 nitrogen and oxygen atoms in total. The normalized spacial score (nSPS) is 20.1. The molecule has 2 aromatic rings. The molecule has 1 fully saturated rings. The van der Waals surface area contributed by atoms with Gasteiger partial charge in [-0.3, -0.25) is 4.90 Å². The topological polar surface area (TPSA) is 41.1 Å². The maximum atomic E-state index is 4.52. The van der Waals surface area contributed by atoms with Crippen LogP contribution in [-0.2, 0) is 6.54 Å². The molecule has 0 spiro atoms. The molecule has 21 heavy (non-hydrogen) atoms. The minimum absolute atomic E-state index is 0.400. The predicted molar refractivity (Wildman–Crippen MR) is 83.8 cm³/mol. The van der Waals surface area contributed by atoms with Gasteiger partial charge in [-0.05, 0) is 38.1 Å². The first-order valence-electron chi connectivity index (χ1n) is 7.60. The fourth-order valence-corrected chi connectivity index (χ4v) is 2.87. The molecule has 1 aliphatic rings. The van der Waals surface area contributed by atoms with Crippen LogP contribution in [0.2, 0.25) is 0 Å². The molecule has 4 heteroatoms. The Labute approximate surface area is 126 Å². The summed E-state index contributed by atoms with van der Waals surface area (Å²) < 4.78 is 0. The first-order valence-corrected chi connectivity index (χ1v) is 7.60. The minimum atomic E-state index is 0.400. The van der Waals surface area contributed by atoms with Gasteiger partial charge in [0, 0.05) is 25.3 Å². The number of benzene rings is 1. The van der Waals surface area contributed by atoms with E-state index in [1.54, 1.807) is 0 Å². The molecule has 0 aliphatic carbocycles. The summed E-state index contributed by atoms with van der Waals surface area (Å²) >= 11 is 0. The largest absolute Gasteiger partial charge is 0.309 e. The van der Waals surface area contributed by atoms with Gasteiger partial charge in [-0.15, -0.1) is 0 Å². The maximum absolute atomic E-state index is 4.52. The van der Waals surface area contributed by atoms with Gasteiger partial charge in [0.25, 0.3) is 0 Å². The van der Waals surface area contributed by atoms with Crippen molar-refractivity contribution in [3.63, 3.8) is 0 Å². The number of nitrogens with zero attached hydrogens (tertiary/aromatic N) is 3. The zero-order valence-corrected chi connectivity index (χ0v) is 12.5. The molecule has 110 valence electrons. The quantitative estimate of drug-likeness (QED) is 0.938. The highest BCUT2D eigenvalue weighted by molar-refractivity contribution is 5.19. The summed E-state index contributed by atoms with van der Waals surface area (Å²) in [4.78, 5) is 11.2. The summed E-state index contributed by atoms with van der Waals surface area (Å²) in [5.74, 6) is 0.847. The van der Waals surface area contributed by atoms with Crippen LogP contribution in [0.1, 0.15) is 29.5 Å². The van der Waals surface area contributed by atoms with E-state index in [9.17, 15) is 0 Å². The molecule has 1 atom stereocenters. The Morgan fingerprint density at radius 2 is 2.10 bits per heavy atom. The third-order valence-electron chi connectivity index (χ3n) is 3.90. The predicted octanol–water partition coefficient (Wildman–Crippen LogP) is 2.32. The molecule has 1 N–H and O–H groups in total. The Morgan fingerprint density at radius 3 is 2.90 bits per heavy atom. The van der Waals surface area contributed by atoms with Crippen LogP contribution in [0.15, 0.2) is 42.6 Å². The van der Waals surface area contributed by atoms with E-state index in [0.29, 0.717) is 6.04 Å². The van der Waals surface area contributed by atoms with Crippen molar-refractivity contribution >= 4 is 0 Å². The SMILES string of the molecule is Cc1nccc(CN2CCCNC(c3ccccc3)C2)n1. The number of aromatic nitrogens is 2. The zero-order chi connectivity index (χ0) is 14.5. The average Bonchev–Trinajstić information content (AvgIpc) is 2.74. The smallest absolute Gasteiger partial charge is 0.125 e. The van der Waals surface area contributed by atoms with Gasteiger partial charge in [0.2, 0.25) is 0 Å². The van der Waals surface area contributed by atoms with Gasteiger partial charge in [0.1, 0.15) is 5.82 Å². The maximum Gasteiger partial charge on any atom is 0.125 e. The van der Waals surface area contributed by atoms with Gasteiger partial charge in [-0.1, -0.05) is 30.3 Å². The standard InChI is InChI=1S/C17H22N4/c1-14-18-10-8-16(20-14)12-21-11-5-9-19-17(13-21)15-6-3-2-4-7-15/h2-4,6-8,10,17,19H,5,9,11-13H2,1H3. The van der Waals surface area contributed by atoms with Gasteiger partial charge in [0.05, 0.1) is 5.69 Å². The van der Waals surface area contributed by atoms with Gasteiger partial charge in [0.15, 0.2) is 0 Å². The molecule has 0 saturated carbocycles. The molecule has 3 rings (SSSR count). The summed E-state index contributed by atoms with van der Waals surface area (Å²) in [5.41, 5.74) is 2.47. The second kappa shape index (κ2) is 6.78. The van der Waals surface area contributed by atoms with Gasteiger partial charge < -0.3 is 5.32 Å². The van der Waals surface area contributed by atoms with Crippen molar-refractivity contribution in [3.05, 3.63) is 59.7 Å².